The molecular formula is C12H8ClF3N2O. The Morgan fingerprint density at radius 2 is 2.00 bits per heavy atom. The number of carbonyl (C=O) groups excluding carboxylic acids is 1. The summed E-state index contributed by atoms with van der Waals surface area (Å²) in [5.74, 6) is -0.767. The molecule has 0 aliphatic heterocycles. The Morgan fingerprint density at radius 1 is 1.37 bits per heavy atom. The highest BCUT2D eigenvalue weighted by Crippen LogP contribution is 2.33. The first kappa shape index (κ1) is 13.6. The van der Waals surface area contributed by atoms with Crippen LogP contribution in [0.2, 0.25) is 5.15 Å². The molecule has 3 nitrogen and oxygen atoms in total. The first-order chi connectivity index (χ1) is 8.71. The number of hydrogen-bond donors (Lipinski definition) is 1. The van der Waals surface area contributed by atoms with Crippen molar-refractivity contribution in [1.82, 2.24) is 4.98 Å². The van der Waals surface area contributed by atoms with Crippen molar-refractivity contribution in [3.63, 3.8) is 0 Å². The van der Waals surface area contributed by atoms with Gasteiger partial charge in [0.05, 0.1) is 16.6 Å². The van der Waals surface area contributed by atoms with E-state index in [1.54, 1.807) is 6.92 Å². The lowest BCUT2D eigenvalue weighted by Crippen LogP contribution is -2.14. The van der Waals surface area contributed by atoms with Gasteiger partial charge in [0.2, 0.25) is 0 Å². The number of fused-ring (bicyclic) bond motifs is 1. The summed E-state index contributed by atoms with van der Waals surface area (Å²) in [5.41, 5.74) is 4.84. The second-order valence-corrected chi connectivity index (χ2v) is 4.35. The van der Waals surface area contributed by atoms with E-state index < -0.39 is 17.6 Å². The van der Waals surface area contributed by atoms with Gasteiger partial charge in [0.25, 0.3) is 5.91 Å². The van der Waals surface area contributed by atoms with Crippen molar-refractivity contribution in [2.45, 2.75) is 13.1 Å². The molecule has 2 rings (SSSR count). The minimum Gasteiger partial charge on any atom is -0.365 e. The Morgan fingerprint density at radius 3 is 2.53 bits per heavy atom. The molecule has 1 amide bonds. The predicted molar refractivity (Wildman–Crippen MR) is 65.0 cm³/mol. The van der Waals surface area contributed by atoms with Gasteiger partial charge in [0.15, 0.2) is 0 Å². The summed E-state index contributed by atoms with van der Waals surface area (Å²) in [6.45, 7) is 1.56. The van der Waals surface area contributed by atoms with Crippen molar-refractivity contribution < 1.29 is 18.0 Å². The van der Waals surface area contributed by atoms with Crippen LogP contribution in [0.25, 0.3) is 10.9 Å². The van der Waals surface area contributed by atoms with Crippen molar-refractivity contribution in [1.29, 1.82) is 0 Å². The molecular weight excluding hydrogens is 281 g/mol. The zero-order chi connectivity index (χ0) is 14.4. The standard InChI is InChI=1S/C12H8ClF3N2O/c1-5-7-3-2-6(12(14,15)16)4-8(7)18-10(13)9(5)11(17)19/h2-4H,1H3,(H2,17,19). The van der Waals surface area contributed by atoms with Crippen molar-refractivity contribution >= 4 is 28.4 Å². The maximum atomic E-state index is 12.6. The molecule has 0 atom stereocenters. The largest absolute Gasteiger partial charge is 0.416 e. The van der Waals surface area contributed by atoms with Crippen LogP contribution in [-0.4, -0.2) is 10.9 Å². The van der Waals surface area contributed by atoms with Crippen molar-refractivity contribution in [3.05, 3.63) is 40.0 Å². The van der Waals surface area contributed by atoms with Gasteiger partial charge in [-0.1, -0.05) is 17.7 Å². The molecule has 0 bridgehead atoms. The summed E-state index contributed by atoms with van der Waals surface area (Å²) in [7, 11) is 0. The van der Waals surface area contributed by atoms with Crippen LogP contribution in [-0.2, 0) is 6.18 Å². The summed E-state index contributed by atoms with van der Waals surface area (Å²) < 4.78 is 37.8. The third-order valence-corrected chi connectivity index (χ3v) is 3.05. The van der Waals surface area contributed by atoms with E-state index >= 15 is 0 Å². The number of alkyl halides is 3. The summed E-state index contributed by atoms with van der Waals surface area (Å²) in [5, 5.41) is 0.211. The predicted octanol–water partition coefficient (Wildman–Crippen LogP) is 3.31. The molecule has 0 radical (unpaired) electrons. The van der Waals surface area contributed by atoms with Gasteiger partial charge in [-0.3, -0.25) is 4.79 Å². The average molecular weight is 289 g/mol. The number of aryl methyl sites for hydroxylation is 1. The number of aromatic nitrogens is 1. The van der Waals surface area contributed by atoms with Crippen LogP contribution in [0.5, 0.6) is 0 Å². The topological polar surface area (TPSA) is 56.0 Å². The van der Waals surface area contributed by atoms with E-state index in [0.717, 1.165) is 12.1 Å². The molecule has 100 valence electrons. The number of amides is 1. The highest BCUT2D eigenvalue weighted by atomic mass is 35.5. The van der Waals surface area contributed by atoms with Crippen molar-refractivity contribution in [2.75, 3.05) is 0 Å². The first-order valence-electron chi connectivity index (χ1n) is 5.18. The number of hydrogen-bond acceptors (Lipinski definition) is 2. The van der Waals surface area contributed by atoms with Crippen LogP contribution in [0, 0.1) is 6.92 Å². The summed E-state index contributed by atoms with van der Waals surface area (Å²) in [4.78, 5) is 15.0. The molecule has 7 heteroatoms. The molecule has 0 aliphatic rings. The first-order valence-corrected chi connectivity index (χ1v) is 5.56. The van der Waals surface area contributed by atoms with E-state index in [4.69, 9.17) is 17.3 Å². The summed E-state index contributed by atoms with van der Waals surface area (Å²) in [6.07, 6.45) is -4.46. The second kappa shape index (κ2) is 4.38. The fourth-order valence-electron chi connectivity index (χ4n) is 1.86. The van der Waals surface area contributed by atoms with E-state index in [1.807, 2.05) is 0 Å². The van der Waals surface area contributed by atoms with Gasteiger partial charge in [-0.05, 0) is 24.6 Å². The normalized spacial score (nSPS) is 11.8. The van der Waals surface area contributed by atoms with E-state index in [9.17, 15) is 18.0 Å². The molecule has 0 saturated carbocycles. The molecule has 1 heterocycles. The molecule has 0 fully saturated rings. The lowest BCUT2D eigenvalue weighted by atomic mass is 10.0. The van der Waals surface area contributed by atoms with Crippen LogP contribution in [0.3, 0.4) is 0 Å². The maximum Gasteiger partial charge on any atom is 0.416 e. The van der Waals surface area contributed by atoms with Gasteiger partial charge in [-0.2, -0.15) is 13.2 Å². The lowest BCUT2D eigenvalue weighted by Gasteiger charge is -2.11. The number of benzene rings is 1. The molecule has 19 heavy (non-hydrogen) atoms. The quantitative estimate of drug-likeness (QED) is 0.819. The minimum absolute atomic E-state index is 0.0222. The molecule has 2 aromatic rings. The Hall–Kier alpha value is -1.82. The number of nitrogens with zero attached hydrogens (tertiary/aromatic N) is 1. The highest BCUT2D eigenvalue weighted by molar-refractivity contribution is 6.33. The molecule has 0 spiro atoms. The van der Waals surface area contributed by atoms with Crippen LogP contribution >= 0.6 is 11.6 Å². The number of halogens is 4. The van der Waals surface area contributed by atoms with Crippen LogP contribution in [0.1, 0.15) is 21.5 Å². The van der Waals surface area contributed by atoms with Gasteiger partial charge in [-0.25, -0.2) is 4.98 Å². The zero-order valence-corrected chi connectivity index (χ0v) is 10.4. The lowest BCUT2D eigenvalue weighted by molar-refractivity contribution is -0.137. The van der Waals surface area contributed by atoms with Crippen LogP contribution < -0.4 is 5.73 Å². The highest BCUT2D eigenvalue weighted by Gasteiger charge is 2.31. The van der Waals surface area contributed by atoms with Crippen LogP contribution in [0.15, 0.2) is 18.2 Å². The average Bonchev–Trinajstić information content (AvgIpc) is 2.26. The van der Waals surface area contributed by atoms with E-state index in [1.165, 1.54) is 6.07 Å². The molecule has 0 aliphatic carbocycles. The number of rotatable bonds is 1. The molecule has 1 aromatic carbocycles. The van der Waals surface area contributed by atoms with Crippen LogP contribution in [0.4, 0.5) is 13.2 Å². The van der Waals surface area contributed by atoms with Gasteiger partial charge >= 0.3 is 6.18 Å². The molecule has 2 N–H and O–H groups in total. The van der Waals surface area contributed by atoms with Gasteiger partial charge in [0, 0.05) is 5.39 Å². The van der Waals surface area contributed by atoms with Crippen molar-refractivity contribution in [3.8, 4) is 0 Å². The second-order valence-electron chi connectivity index (χ2n) is 4.00. The Bertz CT molecular complexity index is 683. The monoisotopic (exact) mass is 288 g/mol. The number of primary amides is 1. The minimum atomic E-state index is -4.46. The van der Waals surface area contributed by atoms with E-state index in [0.29, 0.717) is 10.9 Å². The smallest absolute Gasteiger partial charge is 0.365 e. The van der Waals surface area contributed by atoms with Gasteiger partial charge in [0.1, 0.15) is 5.15 Å². The third kappa shape index (κ3) is 2.35. The zero-order valence-electron chi connectivity index (χ0n) is 9.68. The van der Waals surface area contributed by atoms with E-state index in [-0.39, 0.29) is 16.2 Å². The molecule has 0 unspecified atom stereocenters. The maximum absolute atomic E-state index is 12.6. The number of nitrogens with two attached hydrogens (primary N) is 1. The van der Waals surface area contributed by atoms with Gasteiger partial charge in [-0.15, -0.1) is 0 Å². The van der Waals surface area contributed by atoms with Crippen molar-refractivity contribution in [2.24, 2.45) is 5.73 Å². The summed E-state index contributed by atoms with van der Waals surface area (Å²) >= 11 is 5.78. The Kier molecular flexibility index (Phi) is 3.14. The van der Waals surface area contributed by atoms with Gasteiger partial charge < -0.3 is 5.73 Å². The SMILES string of the molecule is Cc1c(C(N)=O)c(Cl)nc2cc(C(F)(F)F)ccc12. The summed E-state index contributed by atoms with van der Waals surface area (Å²) in [6, 6.07) is 3.07. The Labute approximate surface area is 111 Å². The van der Waals surface area contributed by atoms with E-state index in [2.05, 4.69) is 4.98 Å². The number of pyridine rings is 1. The molecule has 1 aromatic heterocycles. The number of carbonyl (C=O) groups is 1. The third-order valence-electron chi connectivity index (χ3n) is 2.78. The fraction of sp³-hybridized carbons (Fsp3) is 0.167. The Balaban J connectivity index is 2.78. The fourth-order valence-corrected chi connectivity index (χ4v) is 2.18. The molecule has 0 saturated heterocycles.